The maximum absolute atomic E-state index is 16.4. The normalized spacial score (nSPS) is 24.5. The molecule has 3 amide bonds. The van der Waals surface area contributed by atoms with E-state index in [0.717, 1.165) is 5.56 Å². The maximum atomic E-state index is 16.4. The highest BCUT2D eigenvalue weighted by atomic mass is 28.4. The highest BCUT2D eigenvalue weighted by Gasteiger charge is 2.67. The average molecular weight is 645 g/mol. The van der Waals surface area contributed by atoms with Crippen LogP contribution in [0.1, 0.15) is 24.5 Å². The fraction of sp³-hybridized carbons (Fsp3) is 0.400. The van der Waals surface area contributed by atoms with Gasteiger partial charge in [0.05, 0.1) is 31.4 Å². The molecule has 0 bridgehead atoms. The molecule has 0 radical (unpaired) electrons. The SMILES string of the molecule is C[C@H]1[C@H]([Si](C)(C)F)[C@@H](CC(=O)N(CCO)Cc2ccccc2)O[C@]12C(=O)N(c1ccccc1)c1ccc(N3CCNCC3=O)cc12. The second kappa shape index (κ2) is 12.7. The molecule has 9 nitrogen and oxygen atoms in total. The Morgan fingerprint density at radius 2 is 1.76 bits per heavy atom. The van der Waals surface area contributed by atoms with E-state index >= 15 is 4.11 Å². The van der Waals surface area contributed by atoms with E-state index in [4.69, 9.17) is 4.74 Å². The number of piperazine rings is 1. The van der Waals surface area contributed by atoms with Gasteiger partial charge in [0.1, 0.15) is 0 Å². The average Bonchev–Trinajstić information content (AvgIpc) is 3.47. The Morgan fingerprint density at radius 1 is 1.07 bits per heavy atom. The predicted octanol–water partition coefficient (Wildman–Crippen LogP) is 4.49. The summed E-state index contributed by atoms with van der Waals surface area (Å²) in [5, 5.41) is 12.9. The summed E-state index contributed by atoms with van der Waals surface area (Å²) in [6.45, 7) is 6.59. The van der Waals surface area contributed by atoms with Crippen molar-refractivity contribution < 1.29 is 28.3 Å². The Balaban J connectivity index is 1.42. The van der Waals surface area contributed by atoms with Crippen LogP contribution in [0.2, 0.25) is 18.6 Å². The molecule has 0 aromatic heterocycles. The fourth-order valence-electron chi connectivity index (χ4n) is 7.56. The monoisotopic (exact) mass is 644 g/mol. The van der Waals surface area contributed by atoms with Crippen LogP contribution in [0.4, 0.5) is 21.2 Å². The largest absolute Gasteiger partial charge is 0.395 e. The minimum atomic E-state index is -3.54. The van der Waals surface area contributed by atoms with E-state index < -0.39 is 31.6 Å². The minimum absolute atomic E-state index is 0.0779. The number of carbonyl (C=O) groups excluding carboxylic acids is 3. The molecule has 0 saturated carbocycles. The number of para-hydroxylation sites is 1. The Morgan fingerprint density at radius 3 is 2.41 bits per heavy atom. The second-order valence-corrected chi connectivity index (χ2v) is 16.7. The van der Waals surface area contributed by atoms with Gasteiger partial charge in [-0.15, -0.1) is 0 Å². The number of rotatable bonds is 9. The summed E-state index contributed by atoms with van der Waals surface area (Å²) < 4.78 is 23.3. The lowest BCUT2D eigenvalue weighted by molar-refractivity contribution is -0.149. The first-order chi connectivity index (χ1) is 22.1. The number of carbonyl (C=O) groups is 3. The predicted molar refractivity (Wildman–Crippen MR) is 177 cm³/mol. The van der Waals surface area contributed by atoms with Crippen LogP contribution < -0.4 is 15.1 Å². The number of amides is 3. The lowest BCUT2D eigenvalue weighted by atomic mass is 9.82. The van der Waals surface area contributed by atoms with E-state index in [0.29, 0.717) is 42.3 Å². The molecular weight excluding hydrogens is 603 g/mol. The first-order valence-corrected chi connectivity index (χ1v) is 18.9. The van der Waals surface area contributed by atoms with Gasteiger partial charge in [-0.05, 0) is 49.0 Å². The number of benzene rings is 3. The van der Waals surface area contributed by atoms with Gasteiger partial charge in [-0.25, -0.2) is 0 Å². The van der Waals surface area contributed by atoms with Crippen LogP contribution in [0.3, 0.4) is 0 Å². The van der Waals surface area contributed by atoms with Crippen molar-refractivity contribution in [2.75, 3.05) is 42.6 Å². The van der Waals surface area contributed by atoms with E-state index in [1.807, 2.05) is 85.8 Å². The quantitative estimate of drug-likeness (QED) is 0.263. The molecule has 242 valence electrons. The van der Waals surface area contributed by atoms with E-state index in [9.17, 15) is 19.5 Å². The Kier molecular flexibility index (Phi) is 8.86. The van der Waals surface area contributed by atoms with Gasteiger partial charge in [-0.1, -0.05) is 55.5 Å². The molecule has 11 heteroatoms. The molecule has 2 fully saturated rings. The molecular formula is C35H41FN4O5Si. The number of hydrogen-bond acceptors (Lipinski definition) is 6. The second-order valence-electron chi connectivity index (χ2n) is 12.9. The number of anilines is 3. The summed E-state index contributed by atoms with van der Waals surface area (Å²) in [5.41, 5.74) is 1.15. The Hall–Kier alpha value is -3.90. The van der Waals surface area contributed by atoms with Gasteiger partial charge in [-0.3, -0.25) is 19.3 Å². The van der Waals surface area contributed by atoms with Crippen LogP contribution in [-0.2, 0) is 31.3 Å². The van der Waals surface area contributed by atoms with Crippen molar-refractivity contribution >= 4 is 43.2 Å². The smallest absolute Gasteiger partial charge is 0.268 e. The van der Waals surface area contributed by atoms with Gasteiger partial charge in [0, 0.05) is 54.6 Å². The van der Waals surface area contributed by atoms with E-state index in [1.54, 1.807) is 27.8 Å². The van der Waals surface area contributed by atoms with E-state index in [2.05, 4.69) is 5.32 Å². The van der Waals surface area contributed by atoms with Crippen LogP contribution in [0.15, 0.2) is 78.9 Å². The van der Waals surface area contributed by atoms with E-state index in [1.165, 1.54) is 0 Å². The van der Waals surface area contributed by atoms with Gasteiger partial charge in [-0.2, -0.15) is 0 Å². The van der Waals surface area contributed by atoms with Gasteiger partial charge >= 0.3 is 0 Å². The van der Waals surface area contributed by atoms with Crippen molar-refractivity contribution in [2.24, 2.45) is 5.92 Å². The number of hydrogen-bond donors (Lipinski definition) is 2. The van der Waals surface area contributed by atoms with Crippen LogP contribution in [0, 0.1) is 5.92 Å². The van der Waals surface area contributed by atoms with Crippen molar-refractivity contribution in [2.45, 2.75) is 50.2 Å². The Bertz CT molecular complexity index is 1600. The zero-order chi connectivity index (χ0) is 32.6. The van der Waals surface area contributed by atoms with Crippen LogP contribution in [0.5, 0.6) is 0 Å². The molecule has 0 unspecified atom stereocenters. The molecule has 3 aliphatic heterocycles. The molecule has 3 aliphatic rings. The highest BCUT2D eigenvalue weighted by molar-refractivity contribution is 6.72. The third kappa shape index (κ3) is 5.66. The number of aliphatic hydroxyl groups excluding tert-OH is 1. The Labute approximate surface area is 270 Å². The number of ether oxygens (including phenoxy) is 1. The standard InChI is InChI=1S/C35H41FN4O5Si/c1-24-33(46(2,3)36)30(21-31(42)38(18-19-41)23-25-10-6-4-7-11-25)45-35(24)28-20-27(39-17-16-37-22-32(39)43)14-15-29(28)40(34(35)44)26-12-8-5-9-13-26/h4-15,20,24,30,33,37,41H,16-19,21-23H2,1-3H3/t24-,30+,33-,35+/m0/s1. The molecule has 2 N–H and O–H groups in total. The summed E-state index contributed by atoms with van der Waals surface area (Å²) in [5.74, 6) is -1.29. The number of fused-ring (bicyclic) bond motifs is 2. The van der Waals surface area contributed by atoms with Crippen molar-refractivity contribution in [3.63, 3.8) is 0 Å². The van der Waals surface area contributed by atoms with Crippen molar-refractivity contribution in [3.8, 4) is 0 Å². The molecule has 1 spiro atoms. The zero-order valence-corrected chi connectivity index (χ0v) is 27.5. The highest BCUT2D eigenvalue weighted by Crippen LogP contribution is 2.61. The summed E-state index contributed by atoms with van der Waals surface area (Å²) in [6.07, 6.45) is -1.00. The summed E-state index contributed by atoms with van der Waals surface area (Å²) in [7, 11) is -3.54. The number of halogens is 1. The molecule has 2 saturated heterocycles. The van der Waals surface area contributed by atoms with Crippen LogP contribution in [0.25, 0.3) is 0 Å². The van der Waals surface area contributed by atoms with Gasteiger partial charge in [0.2, 0.25) is 20.2 Å². The summed E-state index contributed by atoms with van der Waals surface area (Å²) >= 11 is 0. The lowest BCUT2D eigenvalue weighted by Crippen LogP contribution is -2.48. The van der Waals surface area contributed by atoms with Gasteiger partial charge in [0.25, 0.3) is 5.91 Å². The van der Waals surface area contributed by atoms with Crippen LogP contribution in [-0.4, -0.2) is 75.0 Å². The number of aliphatic hydroxyl groups is 1. The van der Waals surface area contributed by atoms with Gasteiger partial charge < -0.3 is 29.1 Å². The lowest BCUT2D eigenvalue weighted by Gasteiger charge is -2.32. The van der Waals surface area contributed by atoms with Gasteiger partial charge in [0.15, 0.2) is 5.60 Å². The fourth-order valence-corrected chi connectivity index (χ4v) is 10.1. The third-order valence-electron chi connectivity index (χ3n) is 9.58. The molecule has 3 aromatic carbocycles. The molecule has 0 aliphatic carbocycles. The van der Waals surface area contributed by atoms with Crippen molar-refractivity contribution in [1.82, 2.24) is 10.2 Å². The number of nitrogens with zero attached hydrogens (tertiary/aromatic N) is 3. The maximum Gasteiger partial charge on any atom is 0.268 e. The molecule has 6 rings (SSSR count). The summed E-state index contributed by atoms with van der Waals surface area (Å²) in [6, 6.07) is 24.3. The molecule has 3 heterocycles. The van der Waals surface area contributed by atoms with E-state index in [-0.39, 0.29) is 43.8 Å². The van der Waals surface area contributed by atoms with Crippen molar-refractivity contribution in [3.05, 3.63) is 90.0 Å². The molecule has 46 heavy (non-hydrogen) atoms. The zero-order valence-electron chi connectivity index (χ0n) is 26.5. The summed E-state index contributed by atoms with van der Waals surface area (Å²) in [4.78, 5) is 46.4. The van der Waals surface area contributed by atoms with Crippen LogP contribution >= 0.6 is 0 Å². The minimum Gasteiger partial charge on any atom is -0.395 e. The first kappa shape index (κ1) is 32.1. The molecule has 3 aromatic rings. The number of nitrogens with one attached hydrogen (secondary N) is 1. The first-order valence-electron chi connectivity index (χ1n) is 15.9. The molecule has 4 atom stereocenters. The third-order valence-corrected chi connectivity index (χ3v) is 12.0. The topological polar surface area (TPSA) is 102 Å². The van der Waals surface area contributed by atoms with Crippen molar-refractivity contribution in [1.29, 1.82) is 0 Å².